The van der Waals surface area contributed by atoms with Crippen LogP contribution in [-0.4, -0.2) is 20.5 Å². The lowest BCUT2D eigenvalue weighted by Crippen LogP contribution is -2.33. The Bertz CT molecular complexity index is 1130. The number of carbonyl (C=O) groups excluding carboxylic acids is 1. The Morgan fingerprint density at radius 3 is 2.38 bits per heavy atom. The van der Waals surface area contributed by atoms with Gasteiger partial charge in [-0.05, 0) is 47.7 Å². The van der Waals surface area contributed by atoms with Gasteiger partial charge in [0.2, 0.25) is 5.95 Å². The number of anilines is 1. The van der Waals surface area contributed by atoms with Gasteiger partial charge in [0, 0.05) is 23.8 Å². The van der Waals surface area contributed by atoms with E-state index in [9.17, 15) is 18.0 Å². The van der Waals surface area contributed by atoms with Crippen molar-refractivity contribution in [1.29, 1.82) is 0 Å². The van der Waals surface area contributed by atoms with Crippen LogP contribution < -0.4 is 5.32 Å². The molecular formula is C21H15F3N4O. The van der Waals surface area contributed by atoms with Gasteiger partial charge < -0.3 is 5.32 Å². The predicted molar refractivity (Wildman–Crippen MR) is 98.5 cm³/mol. The molecule has 1 aliphatic heterocycles. The number of Topliss-reactive ketones (excluding diaryl/α,β-unsaturated/α-hetero) is 1. The Labute approximate surface area is 163 Å². The fourth-order valence-corrected chi connectivity index (χ4v) is 4.16. The third kappa shape index (κ3) is 3.00. The quantitative estimate of drug-likeness (QED) is 0.708. The lowest BCUT2D eigenvalue weighted by atomic mass is 9.78. The minimum atomic E-state index is -0.768. The van der Waals surface area contributed by atoms with Crippen LogP contribution in [0.4, 0.5) is 19.1 Å². The maximum atomic E-state index is 13.9. The molecule has 0 saturated heterocycles. The monoisotopic (exact) mass is 396 g/mol. The topological polar surface area (TPSA) is 59.8 Å². The molecule has 1 N–H and O–H groups in total. The molecule has 5 nitrogen and oxygen atoms in total. The number of benzene rings is 2. The first-order valence-electron chi connectivity index (χ1n) is 9.14. The van der Waals surface area contributed by atoms with Gasteiger partial charge in [0.15, 0.2) is 5.78 Å². The molecule has 0 spiro atoms. The summed E-state index contributed by atoms with van der Waals surface area (Å²) in [7, 11) is 0. The molecule has 3 aromatic rings. The molecule has 2 aromatic carbocycles. The highest BCUT2D eigenvalue weighted by Crippen LogP contribution is 2.43. The highest BCUT2D eigenvalue weighted by atomic mass is 19.1. The van der Waals surface area contributed by atoms with Crippen LogP contribution in [0.15, 0.2) is 60.1 Å². The zero-order valence-electron chi connectivity index (χ0n) is 15.1. The van der Waals surface area contributed by atoms with Crippen molar-refractivity contribution in [2.45, 2.75) is 24.8 Å². The number of rotatable bonds is 2. The van der Waals surface area contributed by atoms with Gasteiger partial charge in [-0.1, -0.05) is 12.1 Å². The van der Waals surface area contributed by atoms with Gasteiger partial charge in [-0.15, -0.1) is 0 Å². The second kappa shape index (κ2) is 6.58. The van der Waals surface area contributed by atoms with Crippen LogP contribution in [0.3, 0.4) is 0 Å². The number of fused-ring (bicyclic) bond motifs is 1. The summed E-state index contributed by atoms with van der Waals surface area (Å²) in [5, 5.41) is 7.29. The molecule has 2 aliphatic rings. The molecule has 29 heavy (non-hydrogen) atoms. The zero-order valence-corrected chi connectivity index (χ0v) is 15.1. The molecule has 2 atom stereocenters. The number of ketones is 1. The maximum absolute atomic E-state index is 13.9. The maximum Gasteiger partial charge on any atom is 0.226 e. The van der Waals surface area contributed by atoms with Gasteiger partial charge in [-0.2, -0.15) is 10.1 Å². The van der Waals surface area contributed by atoms with E-state index in [1.54, 1.807) is 12.1 Å². The molecule has 146 valence electrons. The van der Waals surface area contributed by atoms with Crippen LogP contribution in [0.2, 0.25) is 0 Å². The fraction of sp³-hybridized carbons (Fsp3) is 0.190. The molecule has 0 radical (unpaired) electrons. The van der Waals surface area contributed by atoms with Crippen LogP contribution in [0.5, 0.6) is 0 Å². The molecule has 5 rings (SSSR count). The molecule has 0 bridgehead atoms. The average molecular weight is 396 g/mol. The smallest absolute Gasteiger partial charge is 0.226 e. The highest BCUT2D eigenvalue weighted by molar-refractivity contribution is 6.00. The Kier molecular flexibility index (Phi) is 4.01. The molecule has 1 aromatic heterocycles. The molecule has 0 unspecified atom stereocenters. The molecule has 0 fully saturated rings. The lowest BCUT2D eigenvalue weighted by molar-refractivity contribution is -0.116. The number of halogens is 3. The number of carbonyl (C=O) groups is 1. The van der Waals surface area contributed by atoms with Gasteiger partial charge in [-0.3, -0.25) is 4.79 Å². The van der Waals surface area contributed by atoms with Crippen molar-refractivity contribution in [2.24, 2.45) is 0 Å². The molecule has 8 heteroatoms. The molecule has 1 aliphatic carbocycles. The number of allylic oxidation sites excluding steroid dienone is 2. The van der Waals surface area contributed by atoms with Gasteiger partial charge in [0.05, 0.1) is 0 Å². The second-order valence-corrected chi connectivity index (χ2v) is 7.23. The van der Waals surface area contributed by atoms with Crippen LogP contribution in [-0.2, 0) is 4.79 Å². The minimum Gasteiger partial charge on any atom is -0.328 e. The molecule has 0 saturated carbocycles. The SMILES string of the molecule is O=C1C[C@@H](c2ccc(F)cc2)CC2=C1[C@@H](c1cc(F)cc(F)c1)n1ncnc1N2. The van der Waals surface area contributed by atoms with Crippen molar-refractivity contribution < 1.29 is 18.0 Å². The second-order valence-electron chi connectivity index (χ2n) is 7.23. The van der Waals surface area contributed by atoms with Crippen LogP contribution in [0.1, 0.15) is 35.9 Å². The number of nitrogens with one attached hydrogen (secondary N) is 1. The van der Waals surface area contributed by atoms with E-state index in [2.05, 4.69) is 15.4 Å². The first kappa shape index (κ1) is 17.7. The van der Waals surface area contributed by atoms with E-state index < -0.39 is 17.7 Å². The summed E-state index contributed by atoms with van der Waals surface area (Å²) in [4.78, 5) is 17.3. The van der Waals surface area contributed by atoms with E-state index in [-0.39, 0.29) is 29.5 Å². The minimum absolute atomic E-state index is 0.131. The normalized spacial score (nSPS) is 20.9. The number of aromatic nitrogens is 3. The third-order valence-corrected chi connectivity index (χ3v) is 5.40. The highest BCUT2D eigenvalue weighted by Gasteiger charge is 2.39. The first-order chi connectivity index (χ1) is 14.0. The fourth-order valence-electron chi connectivity index (χ4n) is 4.16. The van der Waals surface area contributed by atoms with Gasteiger partial charge in [-0.25, -0.2) is 17.9 Å². The van der Waals surface area contributed by atoms with Crippen molar-refractivity contribution in [3.8, 4) is 0 Å². The number of hydrogen-bond donors (Lipinski definition) is 1. The van der Waals surface area contributed by atoms with E-state index in [0.717, 1.165) is 11.6 Å². The van der Waals surface area contributed by atoms with Crippen LogP contribution in [0, 0.1) is 17.5 Å². The van der Waals surface area contributed by atoms with Gasteiger partial charge in [0.1, 0.15) is 29.8 Å². The van der Waals surface area contributed by atoms with Gasteiger partial charge >= 0.3 is 0 Å². The standard InChI is InChI=1S/C21H15F3N4O/c22-14-3-1-11(2-4-14)12-7-17-19(18(29)8-12)20(28-21(27-17)25-10-26-28)13-5-15(23)9-16(24)6-13/h1-6,9-10,12,20H,7-8H2,(H,25,26,27)/t12-,20+/m0/s1. The molecular weight excluding hydrogens is 381 g/mol. The van der Waals surface area contributed by atoms with Crippen molar-refractivity contribution in [2.75, 3.05) is 5.32 Å². The third-order valence-electron chi connectivity index (χ3n) is 5.40. The summed E-state index contributed by atoms with van der Waals surface area (Å²) in [6, 6.07) is 8.50. The number of hydrogen-bond acceptors (Lipinski definition) is 4. The van der Waals surface area contributed by atoms with Crippen molar-refractivity contribution >= 4 is 11.7 Å². The Balaban J connectivity index is 1.61. The summed E-state index contributed by atoms with van der Waals surface area (Å²) in [6.07, 6.45) is 2.03. The van der Waals surface area contributed by atoms with E-state index in [0.29, 0.717) is 23.6 Å². The van der Waals surface area contributed by atoms with E-state index >= 15 is 0 Å². The summed E-state index contributed by atoms with van der Waals surface area (Å²) >= 11 is 0. The molecule has 0 amide bonds. The number of nitrogens with zero attached hydrogens (tertiary/aromatic N) is 3. The van der Waals surface area contributed by atoms with E-state index in [1.165, 1.54) is 35.3 Å². The Morgan fingerprint density at radius 1 is 0.931 bits per heavy atom. The van der Waals surface area contributed by atoms with E-state index in [1.807, 2.05) is 0 Å². The van der Waals surface area contributed by atoms with Crippen molar-refractivity contribution in [3.05, 3.63) is 88.6 Å². The molecule has 2 heterocycles. The zero-order chi connectivity index (χ0) is 20.1. The largest absolute Gasteiger partial charge is 0.328 e. The van der Waals surface area contributed by atoms with Crippen molar-refractivity contribution in [3.63, 3.8) is 0 Å². The van der Waals surface area contributed by atoms with Crippen LogP contribution in [0.25, 0.3) is 0 Å². The average Bonchev–Trinajstić information content (AvgIpc) is 3.14. The van der Waals surface area contributed by atoms with E-state index in [4.69, 9.17) is 0 Å². The summed E-state index contributed by atoms with van der Waals surface area (Å²) in [6.45, 7) is 0. The summed E-state index contributed by atoms with van der Waals surface area (Å²) < 4.78 is 42.5. The Morgan fingerprint density at radius 2 is 1.66 bits per heavy atom. The van der Waals surface area contributed by atoms with Crippen LogP contribution >= 0.6 is 0 Å². The predicted octanol–water partition coefficient (Wildman–Crippen LogP) is 4.11. The lowest BCUT2D eigenvalue weighted by Gasteiger charge is -2.35. The van der Waals surface area contributed by atoms with Crippen molar-refractivity contribution in [1.82, 2.24) is 14.8 Å². The van der Waals surface area contributed by atoms with Gasteiger partial charge in [0.25, 0.3) is 0 Å². The summed E-state index contributed by atoms with van der Waals surface area (Å²) in [5.41, 5.74) is 2.21. The first-order valence-corrected chi connectivity index (χ1v) is 9.14. The summed E-state index contributed by atoms with van der Waals surface area (Å²) in [5.74, 6) is -1.68. The Hall–Kier alpha value is -3.42.